The van der Waals surface area contributed by atoms with Crippen molar-refractivity contribution in [1.82, 2.24) is 9.55 Å². The van der Waals surface area contributed by atoms with Gasteiger partial charge >= 0.3 is 5.69 Å². The summed E-state index contributed by atoms with van der Waals surface area (Å²) in [4.78, 5) is 28.7. The van der Waals surface area contributed by atoms with Crippen LogP contribution in [0.4, 0.5) is 11.5 Å². The van der Waals surface area contributed by atoms with Crippen molar-refractivity contribution >= 4 is 39.0 Å². The third-order valence-corrected chi connectivity index (χ3v) is 5.21. The van der Waals surface area contributed by atoms with Gasteiger partial charge in [0.15, 0.2) is 0 Å². The van der Waals surface area contributed by atoms with Crippen molar-refractivity contribution in [2.75, 3.05) is 30.8 Å². The van der Waals surface area contributed by atoms with Crippen LogP contribution in [-0.4, -0.2) is 29.8 Å². The molecule has 7 nitrogen and oxygen atoms in total. The zero-order valence-electron chi connectivity index (χ0n) is 15.7. The summed E-state index contributed by atoms with van der Waals surface area (Å²) in [6.07, 6.45) is 0. The van der Waals surface area contributed by atoms with Crippen LogP contribution in [0.5, 0.6) is 5.75 Å². The van der Waals surface area contributed by atoms with Crippen LogP contribution in [0.25, 0.3) is 0 Å². The molecule has 0 spiro atoms. The number of ether oxygens (including phenoxy) is 1. The Morgan fingerprint density at radius 2 is 1.93 bits per heavy atom. The maximum atomic E-state index is 12.4. The van der Waals surface area contributed by atoms with E-state index in [0.717, 1.165) is 10.0 Å². The molecule has 0 bridgehead atoms. The lowest BCUT2D eigenvalue weighted by Crippen LogP contribution is -2.38. The van der Waals surface area contributed by atoms with E-state index < -0.39 is 11.2 Å². The molecular formula is C20H20BrClN4O3. The van der Waals surface area contributed by atoms with Gasteiger partial charge in [-0.05, 0) is 39.7 Å². The minimum atomic E-state index is -0.546. The maximum absolute atomic E-state index is 12.4. The van der Waals surface area contributed by atoms with Crippen LogP contribution < -0.4 is 26.6 Å². The number of nitrogens with zero attached hydrogens (tertiary/aromatic N) is 2. The molecule has 0 aliphatic heterocycles. The number of nitrogens with two attached hydrogens (primary N) is 1. The Bertz CT molecular complexity index is 1110. The van der Waals surface area contributed by atoms with Gasteiger partial charge in [-0.2, -0.15) is 0 Å². The molecule has 9 heteroatoms. The molecule has 0 amide bonds. The number of nitrogen functional groups attached to an aromatic ring is 1. The summed E-state index contributed by atoms with van der Waals surface area (Å²) in [6, 6.07) is 14.6. The molecule has 0 radical (unpaired) electrons. The number of hydrogen-bond donors (Lipinski definition) is 2. The number of aromatic amines is 1. The van der Waals surface area contributed by atoms with Gasteiger partial charge in [0.2, 0.25) is 0 Å². The van der Waals surface area contributed by atoms with Crippen molar-refractivity contribution in [2.24, 2.45) is 0 Å². The average Bonchev–Trinajstić information content (AvgIpc) is 2.67. The van der Waals surface area contributed by atoms with E-state index in [1.165, 1.54) is 4.57 Å². The predicted octanol–water partition coefficient (Wildman–Crippen LogP) is 3.10. The zero-order chi connectivity index (χ0) is 21.0. The summed E-state index contributed by atoms with van der Waals surface area (Å²) in [7, 11) is 1.72. The van der Waals surface area contributed by atoms with E-state index in [2.05, 4.69) is 20.9 Å². The molecule has 3 rings (SSSR count). The first-order valence-corrected chi connectivity index (χ1v) is 9.99. The Kier molecular flexibility index (Phi) is 6.66. The van der Waals surface area contributed by atoms with E-state index in [1.807, 2.05) is 30.3 Å². The van der Waals surface area contributed by atoms with Crippen molar-refractivity contribution in [3.05, 3.63) is 84.4 Å². The fourth-order valence-corrected chi connectivity index (χ4v) is 3.66. The lowest BCUT2D eigenvalue weighted by atomic mass is 10.2. The Hall–Kier alpha value is -2.71. The Balaban J connectivity index is 1.77. The number of likely N-dealkylation sites (N-methyl/N-ethyl adjacent to an activating group) is 1. The lowest BCUT2D eigenvalue weighted by Gasteiger charge is -2.22. The van der Waals surface area contributed by atoms with Crippen LogP contribution in [0.1, 0.15) is 5.56 Å². The number of halogens is 2. The molecule has 0 aliphatic carbocycles. The van der Waals surface area contributed by atoms with E-state index in [-0.39, 0.29) is 18.1 Å². The van der Waals surface area contributed by atoms with Crippen LogP contribution in [0.15, 0.2) is 62.6 Å². The highest BCUT2D eigenvalue weighted by Crippen LogP contribution is 2.28. The smallest absolute Gasteiger partial charge is 0.330 e. The SMILES string of the molecule is CN(CCOc1ccc(Cl)cc1Br)c1c(N)n(Cc2ccccc2)c(=O)[nH]c1=O. The molecule has 0 unspecified atom stereocenters. The first-order chi connectivity index (χ1) is 13.9. The highest BCUT2D eigenvalue weighted by molar-refractivity contribution is 9.10. The minimum Gasteiger partial charge on any atom is -0.491 e. The molecule has 3 N–H and O–H groups in total. The normalized spacial score (nSPS) is 10.7. The highest BCUT2D eigenvalue weighted by Gasteiger charge is 2.16. The quantitative estimate of drug-likeness (QED) is 0.543. The monoisotopic (exact) mass is 478 g/mol. The van der Waals surface area contributed by atoms with Gasteiger partial charge < -0.3 is 15.4 Å². The van der Waals surface area contributed by atoms with E-state index in [0.29, 0.717) is 23.9 Å². The molecule has 0 saturated heterocycles. The van der Waals surface area contributed by atoms with Gasteiger partial charge in [0.05, 0.1) is 17.6 Å². The molecule has 1 aromatic heterocycles. The van der Waals surface area contributed by atoms with Crippen LogP contribution >= 0.6 is 27.5 Å². The zero-order valence-corrected chi connectivity index (χ0v) is 18.0. The molecule has 152 valence electrons. The number of nitrogens with one attached hydrogen (secondary N) is 1. The van der Waals surface area contributed by atoms with E-state index in [4.69, 9.17) is 22.1 Å². The third-order valence-electron chi connectivity index (χ3n) is 4.36. The summed E-state index contributed by atoms with van der Waals surface area (Å²) in [5, 5.41) is 0.598. The van der Waals surface area contributed by atoms with Gasteiger partial charge in [0, 0.05) is 12.1 Å². The number of anilines is 2. The van der Waals surface area contributed by atoms with Gasteiger partial charge in [0.1, 0.15) is 23.9 Å². The van der Waals surface area contributed by atoms with Gasteiger partial charge in [-0.15, -0.1) is 0 Å². The molecule has 0 atom stereocenters. The van der Waals surface area contributed by atoms with Crippen molar-refractivity contribution < 1.29 is 4.74 Å². The maximum Gasteiger partial charge on any atom is 0.330 e. The summed E-state index contributed by atoms with van der Waals surface area (Å²) in [6.45, 7) is 0.941. The van der Waals surface area contributed by atoms with Gasteiger partial charge in [-0.3, -0.25) is 14.3 Å². The third kappa shape index (κ3) is 5.02. The predicted molar refractivity (Wildman–Crippen MR) is 119 cm³/mol. The molecule has 29 heavy (non-hydrogen) atoms. The van der Waals surface area contributed by atoms with Crippen molar-refractivity contribution in [3.63, 3.8) is 0 Å². The molecule has 0 fully saturated rings. The summed E-state index contributed by atoms with van der Waals surface area (Å²) < 4.78 is 7.83. The van der Waals surface area contributed by atoms with Gasteiger partial charge in [0.25, 0.3) is 5.56 Å². The van der Waals surface area contributed by atoms with E-state index in [9.17, 15) is 9.59 Å². The van der Waals surface area contributed by atoms with E-state index >= 15 is 0 Å². The Morgan fingerprint density at radius 1 is 1.21 bits per heavy atom. The fourth-order valence-electron chi connectivity index (χ4n) is 2.87. The molecule has 3 aromatic rings. The van der Waals surface area contributed by atoms with Crippen LogP contribution in [-0.2, 0) is 6.54 Å². The van der Waals surface area contributed by atoms with Gasteiger partial charge in [-0.1, -0.05) is 41.9 Å². The molecule has 0 aliphatic rings. The second-order valence-electron chi connectivity index (χ2n) is 6.41. The topological polar surface area (TPSA) is 93.3 Å². The summed E-state index contributed by atoms with van der Waals surface area (Å²) >= 11 is 9.32. The second kappa shape index (κ2) is 9.19. The first kappa shape index (κ1) is 21.0. The highest BCUT2D eigenvalue weighted by atomic mass is 79.9. The minimum absolute atomic E-state index is 0.109. The van der Waals surface area contributed by atoms with Crippen molar-refractivity contribution in [3.8, 4) is 5.75 Å². The van der Waals surface area contributed by atoms with Crippen molar-refractivity contribution in [1.29, 1.82) is 0 Å². The standard InChI is InChI=1S/C20H20BrClN4O3/c1-25(9-10-29-16-8-7-14(22)11-15(16)21)17-18(23)26(20(28)24-19(17)27)12-13-5-3-2-4-6-13/h2-8,11H,9-10,12,23H2,1H3,(H,24,27,28). The average molecular weight is 480 g/mol. The molecule has 0 saturated carbocycles. The molecular weight excluding hydrogens is 460 g/mol. The Labute approximate surface area is 180 Å². The van der Waals surface area contributed by atoms with E-state index in [1.54, 1.807) is 30.1 Å². The second-order valence-corrected chi connectivity index (χ2v) is 7.70. The van der Waals surface area contributed by atoms with Crippen LogP contribution in [0, 0.1) is 0 Å². The largest absolute Gasteiger partial charge is 0.491 e. The van der Waals surface area contributed by atoms with Crippen LogP contribution in [0.2, 0.25) is 5.02 Å². The number of aromatic nitrogens is 2. The molecule has 2 aromatic carbocycles. The number of H-pyrrole nitrogens is 1. The summed E-state index contributed by atoms with van der Waals surface area (Å²) in [5.41, 5.74) is 6.24. The molecule has 1 heterocycles. The first-order valence-electron chi connectivity index (χ1n) is 8.82. The van der Waals surface area contributed by atoms with Crippen LogP contribution in [0.3, 0.4) is 0 Å². The Morgan fingerprint density at radius 3 is 2.62 bits per heavy atom. The lowest BCUT2D eigenvalue weighted by molar-refractivity contribution is 0.324. The number of benzene rings is 2. The summed E-state index contributed by atoms with van der Waals surface area (Å²) in [5.74, 6) is 0.747. The van der Waals surface area contributed by atoms with Crippen molar-refractivity contribution in [2.45, 2.75) is 6.54 Å². The fraction of sp³-hybridized carbons (Fsp3) is 0.200. The van der Waals surface area contributed by atoms with Gasteiger partial charge in [-0.25, -0.2) is 4.79 Å². The number of rotatable bonds is 7. The number of hydrogen-bond acceptors (Lipinski definition) is 5.